The Bertz CT molecular complexity index is 2060. The minimum absolute atomic E-state index is 0.0799. The molecule has 44 heavy (non-hydrogen) atoms. The highest BCUT2D eigenvalue weighted by Crippen LogP contribution is 2.46. The van der Waals surface area contributed by atoms with Gasteiger partial charge in [-0.3, -0.25) is 9.59 Å². The number of amides is 2. The average Bonchev–Trinajstić information content (AvgIpc) is 3.48. The van der Waals surface area contributed by atoms with Gasteiger partial charge in [0.15, 0.2) is 0 Å². The summed E-state index contributed by atoms with van der Waals surface area (Å²) in [5.74, 6) is -1.61. The number of imide groups is 1. The number of rotatable bonds is 3. The summed E-state index contributed by atoms with van der Waals surface area (Å²) in [4.78, 5) is 28.4. The lowest BCUT2D eigenvalue weighted by atomic mass is 10.1. The van der Waals surface area contributed by atoms with Gasteiger partial charge < -0.3 is 4.57 Å². The topological polar surface area (TPSA) is 42.3 Å². The van der Waals surface area contributed by atoms with Crippen LogP contribution in [0.1, 0.15) is 31.8 Å². The molecule has 5 aromatic carbocycles. The van der Waals surface area contributed by atoms with Crippen molar-refractivity contribution >= 4 is 39.3 Å². The number of fused-ring (bicyclic) bond motifs is 4. The molecule has 1 aliphatic heterocycles. The Morgan fingerprint density at radius 2 is 1.02 bits per heavy atom. The lowest BCUT2D eigenvalue weighted by molar-refractivity contribution is -0.136. The molecule has 0 saturated carbocycles. The molecular formula is C34H18F6N2O2. The summed E-state index contributed by atoms with van der Waals surface area (Å²) in [7, 11) is 0. The van der Waals surface area contributed by atoms with Crippen LogP contribution in [0.25, 0.3) is 38.6 Å². The Hall–Kier alpha value is -5.38. The minimum atomic E-state index is -4.94. The standard InChI is InChI=1S/C34H18F6N2O2/c35-33(36,37)25-12-4-9-22-23-10-5-13-26(34(38,39)40)30(23)42(29(22)25)27-14-6-11-24-28(27)32(44)41(31(24)43)21-17-15-20(16-18-21)19-7-2-1-3-8-19/h1-18H. The van der Waals surface area contributed by atoms with E-state index in [0.29, 0.717) is 0 Å². The van der Waals surface area contributed by atoms with Crippen LogP contribution in [0.15, 0.2) is 109 Å². The van der Waals surface area contributed by atoms with Gasteiger partial charge in [-0.1, -0.05) is 72.8 Å². The minimum Gasteiger partial charge on any atom is -0.307 e. The second kappa shape index (κ2) is 9.57. The highest BCUT2D eigenvalue weighted by molar-refractivity contribution is 6.35. The first kappa shape index (κ1) is 27.5. The van der Waals surface area contributed by atoms with Gasteiger partial charge in [0.2, 0.25) is 0 Å². The van der Waals surface area contributed by atoms with Gasteiger partial charge in [-0.2, -0.15) is 26.3 Å². The summed E-state index contributed by atoms with van der Waals surface area (Å²) in [5.41, 5.74) is -2.23. The van der Waals surface area contributed by atoms with Gasteiger partial charge in [-0.05, 0) is 47.5 Å². The second-order valence-electron chi connectivity index (χ2n) is 10.3. The predicted octanol–water partition coefficient (Wildman–Crippen LogP) is 9.29. The molecule has 2 heterocycles. The number of halogens is 6. The zero-order chi connectivity index (χ0) is 31.0. The molecule has 0 unspecified atom stereocenters. The third-order valence-corrected chi connectivity index (χ3v) is 7.79. The number of hydrogen-bond donors (Lipinski definition) is 0. The van der Waals surface area contributed by atoms with Crippen molar-refractivity contribution in [3.63, 3.8) is 0 Å². The van der Waals surface area contributed by atoms with Crippen LogP contribution in [0.2, 0.25) is 0 Å². The summed E-state index contributed by atoms with van der Waals surface area (Å²) in [6, 6.07) is 26.3. The largest absolute Gasteiger partial charge is 0.418 e. The van der Waals surface area contributed by atoms with Gasteiger partial charge in [0, 0.05) is 10.8 Å². The van der Waals surface area contributed by atoms with Crippen LogP contribution >= 0.6 is 0 Å². The fourth-order valence-corrected chi connectivity index (χ4v) is 5.94. The first-order valence-corrected chi connectivity index (χ1v) is 13.3. The van der Waals surface area contributed by atoms with Crippen molar-refractivity contribution in [2.75, 3.05) is 4.90 Å². The molecule has 0 radical (unpaired) electrons. The lowest BCUT2D eigenvalue weighted by Gasteiger charge is -2.18. The van der Waals surface area contributed by atoms with Crippen LogP contribution in [-0.4, -0.2) is 16.4 Å². The van der Waals surface area contributed by atoms with Crippen LogP contribution < -0.4 is 4.90 Å². The molecule has 0 saturated heterocycles. The van der Waals surface area contributed by atoms with Crippen molar-refractivity contribution in [2.45, 2.75) is 12.4 Å². The summed E-state index contributed by atoms with van der Waals surface area (Å²) in [6.07, 6.45) is -9.87. The maximum atomic E-state index is 14.4. The van der Waals surface area contributed by atoms with Crippen LogP contribution in [0.5, 0.6) is 0 Å². The van der Waals surface area contributed by atoms with E-state index in [9.17, 15) is 35.9 Å². The first-order chi connectivity index (χ1) is 21.0. The molecule has 2 amide bonds. The van der Waals surface area contributed by atoms with Gasteiger partial charge in [-0.25, -0.2) is 4.90 Å². The van der Waals surface area contributed by atoms with E-state index in [0.717, 1.165) is 44.9 Å². The fraction of sp³-hybridized carbons (Fsp3) is 0.0588. The average molecular weight is 601 g/mol. The van der Waals surface area contributed by atoms with Gasteiger partial charge in [0.25, 0.3) is 11.8 Å². The summed E-state index contributed by atoms with van der Waals surface area (Å²) < 4.78 is 87.0. The fourth-order valence-electron chi connectivity index (χ4n) is 5.94. The van der Waals surface area contributed by atoms with E-state index >= 15 is 0 Å². The third kappa shape index (κ3) is 4.09. The molecule has 218 valence electrons. The molecule has 0 N–H and O–H groups in total. The Morgan fingerprint density at radius 1 is 0.500 bits per heavy atom. The van der Waals surface area contributed by atoms with Crippen molar-refractivity contribution < 1.29 is 35.9 Å². The maximum absolute atomic E-state index is 14.4. The molecule has 0 fully saturated rings. The van der Waals surface area contributed by atoms with Gasteiger partial charge >= 0.3 is 12.4 Å². The molecule has 0 bridgehead atoms. The summed E-state index contributed by atoms with van der Waals surface area (Å²) in [6.45, 7) is 0. The smallest absolute Gasteiger partial charge is 0.307 e. The number of carbonyl (C=O) groups excluding carboxylic acids is 2. The van der Waals surface area contributed by atoms with Crippen molar-refractivity contribution in [1.82, 2.24) is 4.57 Å². The van der Waals surface area contributed by atoms with E-state index in [-0.39, 0.29) is 33.3 Å². The monoisotopic (exact) mass is 600 g/mol. The Morgan fingerprint density at radius 3 is 1.57 bits per heavy atom. The number of carbonyl (C=O) groups is 2. The highest BCUT2D eigenvalue weighted by Gasteiger charge is 2.42. The maximum Gasteiger partial charge on any atom is 0.418 e. The molecule has 7 rings (SSSR count). The highest BCUT2D eigenvalue weighted by atomic mass is 19.4. The Kier molecular flexibility index (Phi) is 5.97. The van der Waals surface area contributed by atoms with Crippen LogP contribution in [0.4, 0.5) is 32.0 Å². The molecule has 0 spiro atoms. The number of alkyl halides is 6. The third-order valence-electron chi connectivity index (χ3n) is 7.79. The predicted molar refractivity (Wildman–Crippen MR) is 154 cm³/mol. The van der Waals surface area contributed by atoms with Crippen molar-refractivity contribution in [3.05, 3.63) is 131 Å². The molecule has 6 aromatic rings. The van der Waals surface area contributed by atoms with Gasteiger partial charge in [-0.15, -0.1) is 0 Å². The van der Waals surface area contributed by atoms with E-state index in [1.165, 1.54) is 30.3 Å². The zero-order valence-electron chi connectivity index (χ0n) is 22.4. The molecular weight excluding hydrogens is 582 g/mol. The SMILES string of the molecule is O=C1c2cccc(-n3c4c(C(F)(F)F)cccc4c4cccc(C(F)(F)F)c43)c2C(=O)N1c1ccc(-c2ccccc2)cc1. The van der Waals surface area contributed by atoms with Crippen LogP contribution in [0, 0.1) is 0 Å². The molecule has 0 aliphatic carbocycles. The number of hydrogen-bond acceptors (Lipinski definition) is 2. The van der Waals surface area contributed by atoms with Gasteiger partial charge in [0.05, 0.1) is 44.7 Å². The van der Waals surface area contributed by atoms with Crippen molar-refractivity contribution in [1.29, 1.82) is 0 Å². The number of nitrogens with zero attached hydrogens (tertiary/aromatic N) is 2. The molecule has 4 nitrogen and oxygen atoms in total. The van der Waals surface area contributed by atoms with Crippen LogP contribution in [0.3, 0.4) is 0 Å². The molecule has 1 aliphatic rings. The Labute approximate surface area is 245 Å². The van der Waals surface area contributed by atoms with Crippen LogP contribution in [-0.2, 0) is 12.4 Å². The number of anilines is 1. The van der Waals surface area contributed by atoms with Crippen molar-refractivity contribution in [3.8, 4) is 16.8 Å². The normalized spacial score (nSPS) is 13.7. The molecule has 0 atom stereocenters. The molecule has 1 aromatic heterocycles. The lowest BCUT2D eigenvalue weighted by Crippen LogP contribution is -2.29. The Balaban J connectivity index is 1.48. The van der Waals surface area contributed by atoms with E-state index in [1.807, 2.05) is 30.3 Å². The number of aromatic nitrogens is 1. The number of para-hydroxylation sites is 2. The summed E-state index contributed by atoms with van der Waals surface area (Å²) in [5, 5.41) is -0.160. The van der Waals surface area contributed by atoms with E-state index < -0.39 is 46.3 Å². The molecule has 10 heteroatoms. The quantitative estimate of drug-likeness (QED) is 0.150. The van der Waals surface area contributed by atoms with E-state index in [1.54, 1.807) is 24.3 Å². The van der Waals surface area contributed by atoms with E-state index in [2.05, 4.69) is 0 Å². The second-order valence-corrected chi connectivity index (χ2v) is 10.3. The zero-order valence-corrected chi connectivity index (χ0v) is 22.4. The summed E-state index contributed by atoms with van der Waals surface area (Å²) >= 11 is 0. The first-order valence-electron chi connectivity index (χ1n) is 13.3. The van der Waals surface area contributed by atoms with E-state index in [4.69, 9.17) is 0 Å². The van der Waals surface area contributed by atoms with Crippen molar-refractivity contribution in [2.24, 2.45) is 0 Å². The number of benzene rings is 5. The van der Waals surface area contributed by atoms with Gasteiger partial charge in [0.1, 0.15) is 0 Å².